The van der Waals surface area contributed by atoms with E-state index in [1.165, 1.54) is 0 Å². The lowest BCUT2D eigenvalue weighted by molar-refractivity contribution is 0.0793. The summed E-state index contributed by atoms with van der Waals surface area (Å²) in [5.74, 6) is 1.23. The second kappa shape index (κ2) is 7.72. The van der Waals surface area contributed by atoms with Crippen molar-refractivity contribution in [2.45, 2.75) is 19.8 Å². The Hall–Kier alpha value is -2.43. The van der Waals surface area contributed by atoms with E-state index in [1.807, 2.05) is 56.4 Å². The molecular formula is C18H24N4O. The van der Waals surface area contributed by atoms with Gasteiger partial charge < -0.3 is 9.80 Å². The monoisotopic (exact) mass is 312 g/mol. The van der Waals surface area contributed by atoms with Crippen molar-refractivity contribution in [1.82, 2.24) is 14.9 Å². The van der Waals surface area contributed by atoms with Crippen molar-refractivity contribution in [3.8, 4) is 11.4 Å². The largest absolute Gasteiger partial charge is 0.362 e. The average molecular weight is 312 g/mol. The van der Waals surface area contributed by atoms with Crippen LogP contribution in [0.5, 0.6) is 0 Å². The molecule has 23 heavy (non-hydrogen) atoms. The Morgan fingerprint density at radius 3 is 2.43 bits per heavy atom. The molecule has 122 valence electrons. The van der Waals surface area contributed by atoms with Crippen LogP contribution >= 0.6 is 0 Å². The maximum Gasteiger partial charge on any atom is 0.258 e. The summed E-state index contributed by atoms with van der Waals surface area (Å²) in [6.07, 6.45) is 3.68. The molecule has 0 saturated heterocycles. The first-order valence-electron chi connectivity index (χ1n) is 7.89. The smallest absolute Gasteiger partial charge is 0.258 e. The molecule has 1 amide bonds. The minimum Gasteiger partial charge on any atom is -0.362 e. The van der Waals surface area contributed by atoms with E-state index in [-0.39, 0.29) is 5.91 Å². The van der Waals surface area contributed by atoms with Crippen molar-refractivity contribution in [3.05, 3.63) is 42.1 Å². The summed E-state index contributed by atoms with van der Waals surface area (Å²) in [5.41, 5.74) is 1.47. The van der Waals surface area contributed by atoms with Gasteiger partial charge in [-0.25, -0.2) is 9.97 Å². The lowest BCUT2D eigenvalue weighted by Gasteiger charge is -2.21. The van der Waals surface area contributed by atoms with Gasteiger partial charge in [-0.15, -0.1) is 0 Å². The van der Waals surface area contributed by atoms with Crippen LogP contribution in [0, 0.1) is 0 Å². The first kappa shape index (κ1) is 16.9. The summed E-state index contributed by atoms with van der Waals surface area (Å²) in [4.78, 5) is 25.2. The highest BCUT2D eigenvalue weighted by atomic mass is 16.2. The first-order chi connectivity index (χ1) is 11.0. The highest BCUT2D eigenvalue weighted by molar-refractivity contribution is 5.98. The molecule has 1 aromatic carbocycles. The van der Waals surface area contributed by atoms with E-state index in [4.69, 9.17) is 0 Å². The summed E-state index contributed by atoms with van der Waals surface area (Å²) >= 11 is 0. The van der Waals surface area contributed by atoms with Crippen molar-refractivity contribution in [1.29, 1.82) is 0 Å². The third-order valence-electron chi connectivity index (χ3n) is 3.65. The Kier molecular flexibility index (Phi) is 5.68. The molecule has 0 bridgehead atoms. The second-order valence-electron chi connectivity index (χ2n) is 5.77. The van der Waals surface area contributed by atoms with Crippen molar-refractivity contribution in [3.63, 3.8) is 0 Å². The van der Waals surface area contributed by atoms with Crippen LogP contribution < -0.4 is 4.90 Å². The van der Waals surface area contributed by atoms with Crippen molar-refractivity contribution < 1.29 is 4.79 Å². The zero-order valence-electron chi connectivity index (χ0n) is 14.3. The van der Waals surface area contributed by atoms with Crippen LogP contribution in [0.4, 0.5) is 5.82 Å². The molecule has 0 N–H and O–H groups in total. The molecule has 2 rings (SSSR count). The maximum absolute atomic E-state index is 12.6. The quantitative estimate of drug-likeness (QED) is 0.822. The Labute approximate surface area is 138 Å². The standard InChI is InChI=1S/C18H24N4O/c1-5-6-12-22(4)18(23)15-13-19-16(20-17(15)21(2)3)14-10-8-7-9-11-14/h7-11,13H,5-6,12H2,1-4H3. The van der Waals surface area contributed by atoms with Gasteiger partial charge >= 0.3 is 0 Å². The topological polar surface area (TPSA) is 49.3 Å². The van der Waals surface area contributed by atoms with Gasteiger partial charge in [0.15, 0.2) is 5.82 Å². The van der Waals surface area contributed by atoms with Crippen LogP contribution in [0.15, 0.2) is 36.5 Å². The van der Waals surface area contributed by atoms with E-state index in [0.717, 1.165) is 24.9 Å². The molecule has 5 heteroatoms. The van der Waals surface area contributed by atoms with Crippen LogP contribution in [0.25, 0.3) is 11.4 Å². The molecule has 0 saturated carbocycles. The number of aromatic nitrogens is 2. The second-order valence-corrected chi connectivity index (χ2v) is 5.77. The number of nitrogens with zero attached hydrogens (tertiary/aromatic N) is 4. The molecule has 0 radical (unpaired) electrons. The van der Waals surface area contributed by atoms with Gasteiger partial charge in [0.1, 0.15) is 11.4 Å². The Morgan fingerprint density at radius 2 is 1.83 bits per heavy atom. The maximum atomic E-state index is 12.6. The Morgan fingerprint density at radius 1 is 1.13 bits per heavy atom. The van der Waals surface area contributed by atoms with Crippen LogP contribution in [-0.4, -0.2) is 48.5 Å². The van der Waals surface area contributed by atoms with Crippen LogP contribution in [-0.2, 0) is 0 Å². The zero-order valence-corrected chi connectivity index (χ0v) is 14.3. The van der Waals surface area contributed by atoms with Gasteiger partial charge in [0.25, 0.3) is 5.91 Å². The molecule has 0 spiro atoms. The third-order valence-corrected chi connectivity index (χ3v) is 3.65. The lowest BCUT2D eigenvalue weighted by atomic mass is 10.2. The SMILES string of the molecule is CCCCN(C)C(=O)c1cnc(-c2ccccc2)nc1N(C)C. The predicted molar refractivity (Wildman–Crippen MR) is 93.7 cm³/mol. The van der Waals surface area contributed by atoms with Gasteiger partial charge in [-0.3, -0.25) is 4.79 Å². The van der Waals surface area contributed by atoms with Gasteiger partial charge in [0, 0.05) is 39.4 Å². The molecule has 0 atom stereocenters. The number of hydrogen-bond donors (Lipinski definition) is 0. The molecule has 2 aromatic rings. The fourth-order valence-corrected chi connectivity index (χ4v) is 2.29. The summed E-state index contributed by atoms with van der Waals surface area (Å²) in [6.45, 7) is 2.85. The van der Waals surface area contributed by atoms with E-state index in [9.17, 15) is 4.79 Å². The molecular weight excluding hydrogens is 288 g/mol. The number of hydrogen-bond acceptors (Lipinski definition) is 4. The lowest BCUT2D eigenvalue weighted by Crippen LogP contribution is -2.30. The number of rotatable bonds is 6. The van der Waals surface area contributed by atoms with Crippen LogP contribution in [0.3, 0.4) is 0 Å². The van der Waals surface area contributed by atoms with E-state index >= 15 is 0 Å². The molecule has 5 nitrogen and oxygen atoms in total. The van der Waals surface area contributed by atoms with Gasteiger partial charge in [-0.1, -0.05) is 43.7 Å². The third kappa shape index (κ3) is 4.06. The Balaban J connectivity index is 2.36. The van der Waals surface area contributed by atoms with Crippen molar-refractivity contribution in [2.75, 3.05) is 32.6 Å². The fourth-order valence-electron chi connectivity index (χ4n) is 2.29. The highest BCUT2D eigenvalue weighted by Crippen LogP contribution is 2.22. The van der Waals surface area contributed by atoms with Crippen molar-refractivity contribution >= 4 is 11.7 Å². The summed E-state index contributed by atoms with van der Waals surface area (Å²) < 4.78 is 0. The normalized spacial score (nSPS) is 10.4. The first-order valence-corrected chi connectivity index (χ1v) is 7.89. The van der Waals surface area contributed by atoms with Gasteiger partial charge in [0.05, 0.1) is 0 Å². The summed E-state index contributed by atoms with van der Waals surface area (Å²) in [5, 5.41) is 0. The zero-order chi connectivity index (χ0) is 16.8. The van der Waals surface area contributed by atoms with E-state index < -0.39 is 0 Å². The number of anilines is 1. The molecule has 1 heterocycles. The average Bonchev–Trinajstić information content (AvgIpc) is 2.59. The molecule has 0 aliphatic rings. The van der Waals surface area contributed by atoms with Gasteiger partial charge in [0.2, 0.25) is 0 Å². The van der Waals surface area contributed by atoms with Crippen LogP contribution in [0.2, 0.25) is 0 Å². The van der Waals surface area contributed by atoms with E-state index in [0.29, 0.717) is 17.2 Å². The molecule has 0 aliphatic carbocycles. The van der Waals surface area contributed by atoms with Gasteiger partial charge in [-0.05, 0) is 6.42 Å². The van der Waals surface area contributed by atoms with E-state index in [1.54, 1.807) is 11.1 Å². The summed E-state index contributed by atoms with van der Waals surface area (Å²) in [6, 6.07) is 9.78. The molecule has 1 aromatic heterocycles. The van der Waals surface area contributed by atoms with Crippen LogP contribution in [0.1, 0.15) is 30.1 Å². The minimum atomic E-state index is -0.0400. The number of unbranched alkanes of at least 4 members (excludes halogenated alkanes) is 1. The number of benzene rings is 1. The molecule has 0 fully saturated rings. The van der Waals surface area contributed by atoms with E-state index in [2.05, 4.69) is 16.9 Å². The Bertz CT molecular complexity index is 655. The number of amides is 1. The fraction of sp³-hybridized carbons (Fsp3) is 0.389. The highest BCUT2D eigenvalue weighted by Gasteiger charge is 2.19. The van der Waals surface area contributed by atoms with Crippen molar-refractivity contribution in [2.24, 2.45) is 0 Å². The molecule has 0 unspecified atom stereocenters. The molecule has 0 aliphatic heterocycles. The number of carbonyl (C=O) groups is 1. The predicted octanol–water partition coefficient (Wildman–Crippen LogP) is 3.08. The van der Waals surface area contributed by atoms with Gasteiger partial charge in [-0.2, -0.15) is 0 Å². The minimum absolute atomic E-state index is 0.0400. The summed E-state index contributed by atoms with van der Waals surface area (Å²) in [7, 11) is 5.60. The number of carbonyl (C=O) groups excluding carboxylic acids is 1.